The van der Waals surface area contributed by atoms with E-state index in [0.717, 1.165) is 33.9 Å². The molecule has 0 saturated heterocycles. The lowest BCUT2D eigenvalue weighted by Gasteiger charge is -2.11. The zero-order valence-electron chi connectivity index (χ0n) is 20.3. The van der Waals surface area contributed by atoms with Gasteiger partial charge < -0.3 is 9.47 Å². The minimum atomic E-state index is 0.476. The molecule has 1 heterocycles. The summed E-state index contributed by atoms with van der Waals surface area (Å²) in [5.41, 5.74) is 6.08. The molecule has 0 saturated carbocycles. The quantitative estimate of drug-likeness (QED) is 0.224. The highest BCUT2D eigenvalue weighted by Gasteiger charge is 2.11. The number of benzene rings is 4. The number of hydrogen-bond donors (Lipinski definition) is 0. The molecule has 5 aromatic rings. The van der Waals surface area contributed by atoms with Gasteiger partial charge in [-0.05, 0) is 48.4 Å². The molecule has 5 heteroatoms. The predicted octanol–water partition coefficient (Wildman–Crippen LogP) is 7.19. The van der Waals surface area contributed by atoms with Crippen LogP contribution in [0.2, 0.25) is 0 Å². The van der Waals surface area contributed by atoms with Gasteiger partial charge in [0.05, 0.1) is 18.5 Å². The first-order valence-electron chi connectivity index (χ1n) is 11.8. The zero-order valence-corrected chi connectivity index (χ0v) is 20.3. The van der Waals surface area contributed by atoms with Gasteiger partial charge >= 0.3 is 0 Å². The van der Waals surface area contributed by atoms with E-state index in [1.54, 1.807) is 7.11 Å². The van der Waals surface area contributed by atoms with E-state index in [1.807, 2.05) is 102 Å². The van der Waals surface area contributed by atoms with Crippen molar-refractivity contribution in [2.24, 2.45) is 4.99 Å². The van der Waals surface area contributed by atoms with Gasteiger partial charge in [0.1, 0.15) is 6.61 Å². The highest BCUT2D eigenvalue weighted by Crippen LogP contribution is 2.30. The molecule has 178 valence electrons. The van der Waals surface area contributed by atoms with E-state index in [9.17, 15) is 0 Å². The second-order valence-corrected chi connectivity index (χ2v) is 8.45. The molecule has 36 heavy (non-hydrogen) atoms. The number of aryl methyl sites for hydroxylation is 1. The van der Waals surface area contributed by atoms with Crippen LogP contribution in [-0.2, 0) is 6.61 Å². The summed E-state index contributed by atoms with van der Waals surface area (Å²) in [6.45, 7) is 2.55. The third kappa shape index (κ3) is 5.36. The molecule has 0 aliphatic heterocycles. The molecule has 0 radical (unpaired) electrons. The van der Waals surface area contributed by atoms with Gasteiger partial charge in [0.25, 0.3) is 0 Å². The number of rotatable bonds is 8. The Bertz CT molecular complexity index is 1470. The molecule has 0 aliphatic carbocycles. The van der Waals surface area contributed by atoms with E-state index in [2.05, 4.69) is 25.1 Å². The highest BCUT2D eigenvalue weighted by molar-refractivity contribution is 5.83. The van der Waals surface area contributed by atoms with Crippen molar-refractivity contribution in [3.05, 3.63) is 126 Å². The fourth-order valence-corrected chi connectivity index (χ4v) is 3.96. The van der Waals surface area contributed by atoms with E-state index in [0.29, 0.717) is 18.1 Å². The van der Waals surface area contributed by atoms with Crippen LogP contribution in [0.25, 0.3) is 16.9 Å². The normalized spacial score (nSPS) is 11.1. The van der Waals surface area contributed by atoms with E-state index in [-0.39, 0.29) is 0 Å². The monoisotopic (exact) mass is 473 g/mol. The number of ether oxygens (including phenoxy) is 2. The fraction of sp³-hybridized carbons (Fsp3) is 0.0968. The highest BCUT2D eigenvalue weighted by atomic mass is 16.5. The molecule has 1 aromatic heterocycles. The van der Waals surface area contributed by atoms with Crippen LogP contribution in [0.4, 0.5) is 5.82 Å². The number of aliphatic imine (C=N–C) groups is 1. The summed E-state index contributed by atoms with van der Waals surface area (Å²) in [5, 5.41) is 4.83. The van der Waals surface area contributed by atoms with Crippen molar-refractivity contribution >= 4 is 12.0 Å². The number of hydrogen-bond acceptors (Lipinski definition) is 4. The molecule has 4 aromatic carbocycles. The van der Waals surface area contributed by atoms with E-state index in [1.165, 1.54) is 5.56 Å². The summed E-state index contributed by atoms with van der Waals surface area (Å²) >= 11 is 0. The lowest BCUT2D eigenvalue weighted by molar-refractivity contribution is 0.284. The average Bonchev–Trinajstić information content (AvgIpc) is 3.36. The Hall–Kier alpha value is -4.64. The molecule has 5 rings (SSSR count). The maximum Gasteiger partial charge on any atom is 0.161 e. The summed E-state index contributed by atoms with van der Waals surface area (Å²) in [5.74, 6) is 2.09. The zero-order chi connectivity index (χ0) is 24.7. The second kappa shape index (κ2) is 10.7. The SMILES string of the molecule is COc1cc(C=Nc2cc(-c3ccccc3)nn2-c2ccccc2)ccc1OCc1cccc(C)c1. The van der Waals surface area contributed by atoms with Crippen LogP contribution in [0.5, 0.6) is 11.5 Å². The lowest BCUT2D eigenvalue weighted by Crippen LogP contribution is -1.99. The summed E-state index contributed by atoms with van der Waals surface area (Å²) in [4.78, 5) is 4.79. The van der Waals surface area contributed by atoms with Gasteiger partial charge in [-0.25, -0.2) is 9.67 Å². The molecule has 0 unspecified atom stereocenters. The van der Waals surface area contributed by atoms with Crippen molar-refractivity contribution < 1.29 is 9.47 Å². The van der Waals surface area contributed by atoms with Crippen LogP contribution in [-0.4, -0.2) is 23.1 Å². The number of aromatic nitrogens is 2. The Labute approximate surface area is 211 Å². The second-order valence-electron chi connectivity index (χ2n) is 8.45. The Morgan fingerprint density at radius 1 is 0.806 bits per heavy atom. The molecule has 0 spiro atoms. The minimum absolute atomic E-state index is 0.476. The first kappa shape index (κ1) is 23.1. The topological polar surface area (TPSA) is 48.6 Å². The standard InChI is InChI=1S/C31H27N3O2/c1-23-10-9-11-25(18-23)22-36-29-17-16-24(19-30(29)35-2)21-32-31-20-28(26-12-5-3-6-13-26)33-34(31)27-14-7-4-8-15-27/h3-21H,22H2,1-2H3. The molecule has 0 bridgehead atoms. The maximum atomic E-state index is 6.03. The average molecular weight is 474 g/mol. The van der Waals surface area contributed by atoms with Crippen LogP contribution < -0.4 is 9.47 Å². The predicted molar refractivity (Wildman–Crippen MR) is 145 cm³/mol. The maximum absolute atomic E-state index is 6.03. The van der Waals surface area contributed by atoms with E-state index < -0.39 is 0 Å². The van der Waals surface area contributed by atoms with Gasteiger partial charge in [-0.1, -0.05) is 78.4 Å². The van der Waals surface area contributed by atoms with Crippen LogP contribution in [0.15, 0.2) is 114 Å². The molecule has 0 fully saturated rings. The molecule has 0 atom stereocenters. The smallest absolute Gasteiger partial charge is 0.161 e. The van der Waals surface area contributed by atoms with Crippen molar-refractivity contribution in [1.82, 2.24) is 9.78 Å². The third-order valence-electron chi connectivity index (χ3n) is 5.77. The number of para-hydroxylation sites is 1. The summed E-state index contributed by atoms with van der Waals surface area (Å²) in [7, 11) is 1.65. The van der Waals surface area contributed by atoms with Gasteiger partial charge in [-0.2, -0.15) is 5.10 Å². The molecule has 0 N–H and O–H groups in total. The lowest BCUT2D eigenvalue weighted by atomic mass is 10.1. The van der Waals surface area contributed by atoms with Crippen molar-refractivity contribution in [2.45, 2.75) is 13.5 Å². The van der Waals surface area contributed by atoms with E-state index in [4.69, 9.17) is 19.6 Å². The Kier molecular flexibility index (Phi) is 6.90. The summed E-state index contributed by atoms with van der Waals surface area (Å²) in [6, 6.07) is 36.2. The largest absolute Gasteiger partial charge is 0.493 e. The van der Waals surface area contributed by atoms with Gasteiger partial charge in [-0.15, -0.1) is 0 Å². The molecular weight excluding hydrogens is 446 g/mol. The van der Waals surface area contributed by atoms with Gasteiger partial charge in [-0.3, -0.25) is 0 Å². The number of nitrogens with zero attached hydrogens (tertiary/aromatic N) is 3. The van der Waals surface area contributed by atoms with Crippen LogP contribution >= 0.6 is 0 Å². The molecule has 0 amide bonds. The fourth-order valence-electron chi connectivity index (χ4n) is 3.96. The molecule has 5 nitrogen and oxygen atoms in total. The minimum Gasteiger partial charge on any atom is -0.493 e. The summed E-state index contributed by atoms with van der Waals surface area (Å²) < 4.78 is 13.5. The third-order valence-corrected chi connectivity index (χ3v) is 5.77. The number of methoxy groups -OCH3 is 1. The molecular formula is C31H27N3O2. The first-order valence-corrected chi connectivity index (χ1v) is 11.8. The first-order chi connectivity index (χ1) is 17.7. The van der Waals surface area contributed by atoms with Crippen molar-refractivity contribution in [2.75, 3.05) is 7.11 Å². The Balaban J connectivity index is 1.41. The Morgan fingerprint density at radius 2 is 1.58 bits per heavy atom. The Morgan fingerprint density at radius 3 is 2.33 bits per heavy atom. The van der Waals surface area contributed by atoms with Crippen LogP contribution in [0, 0.1) is 6.92 Å². The molecule has 0 aliphatic rings. The van der Waals surface area contributed by atoms with Crippen LogP contribution in [0.3, 0.4) is 0 Å². The van der Waals surface area contributed by atoms with Crippen molar-refractivity contribution in [3.63, 3.8) is 0 Å². The van der Waals surface area contributed by atoms with Crippen LogP contribution in [0.1, 0.15) is 16.7 Å². The van der Waals surface area contributed by atoms with Crippen molar-refractivity contribution in [3.8, 4) is 28.4 Å². The van der Waals surface area contributed by atoms with Gasteiger partial charge in [0.15, 0.2) is 17.3 Å². The van der Waals surface area contributed by atoms with Gasteiger partial charge in [0.2, 0.25) is 0 Å². The van der Waals surface area contributed by atoms with E-state index >= 15 is 0 Å². The summed E-state index contributed by atoms with van der Waals surface area (Å²) in [6.07, 6.45) is 1.82. The van der Waals surface area contributed by atoms with Gasteiger partial charge in [0, 0.05) is 17.8 Å². The van der Waals surface area contributed by atoms with Crippen molar-refractivity contribution in [1.29, 1.82) is 0 Å².